The van der Waals surface area contributed by atoms with E-state index in [1.807, 2.05) is 12.1 Å². The molecule has 90 valence electrons. The van der Waals surface area contributed by atoms with Crippen LogP contribution in [0.15, 0.2) is 24.3 Å². The minimum atomic E-state index is 0.0845. The fraction of sp³-hybridized carbons (Fsp3) is 0.385. The van der Waals surface area contributed by atoms with Crippen molar-refractivity contribution in [2.24, 2.45) is 0 Å². The van der Waals surface area contributed by atoms with Crippen LogP contribution < -0.4 is 4.90 Å². The van der Waals surface area contributed by atoms with Gasteiger partial charge in [0, 0.05) is 0 Å². The van der Waals surface area contributed by atoms with Crippen LogP contribution in [0.3, 0.4) is 0 Å². The number of hydrogen-bond donors (Lipinski definition) is 0. The van der Waals surface area contributed by atoms with Gasteiger partial charge < -0.3 is 0 Å². The molecule has 1 amide bonds. The Morgan fingerprint density at radius 1 is 1.35 bits per heavy atom. The van der Waals surface area contributed by atoms with E-state index < -0.39 is 0 Å². The number of unbranched alkanes of at least 4 members (excludes halogenated alkanes) is 1. The van der Waals surface area contributed by atoms with E-state index in [9.17, 15) is 4.79 Å². The third kappa shape index (κ3) is 2.87. The minimum Gasteiger partial charge on any atom is -0.273 e. The molecule has 0 radical (unpaired) electrons. The van der Waals surface area contributed by atoms with Gasteiger partial charge in [-0.05, 0) is 30.5 Å². The highest BCUT2D eigenvalue weighted by atomic mass is 32.2. The van der Waals surface area contributed by atoms with Crippen molar-refractivity contribution in [1.82, 2.24) is 0 Å². The maximum Gasteiger partial charge on any atom is 0.243 e. The number of thiocarbonyl (C=S) groups is 1. The molecular weight excluding hydrogens is 250 g/mol. The summed E-state index contributed by atoms with van der Waals surface area (Å²) < 4.78 is 0.663. The van der Waals surface area contributed by atoms with Crippen molar-refractivity contribution in [2.45, 2.75) is 26.2 Å². The summed E-state index contributed by atoms with van der Waals surface area (Å²) >= 11 is 6.60. The number of nitrogens with zero attached hydrogens (tertiary/aromatic N) is 1. The monoisotopic (exact) mass is 265 g/mol. The Labute approximate surface area is 111 Å². The topological polar surface area (TPSA) is 20.3 Å². The first-order valence-electron chi connectivity index (χ1n) is 5.81. The Kier molecular flexibility index (Phi) is 4.18. The summed E-state index contributed by atoms with van der Waals surface area (Å²) in [5.74, 6) is 0.553. The molecule has 1 aliphatic heterocycles. The van der Waals surface area contributed by atoms with Gasteiger partial charge in [-0.25, -0.2) is 0 Å². The van der Waals surface area contributed by atoms with Gasteiger partial charge in [0.15, 0.2) is 0 Å². The summed E-state index contributed by atoms with van der Waals surface area (Å²) in [6, 6.07) is 8.15. The predicted molar refractivity (Wildman–Crippen MR) is 77.6 cm³/mol. The predicted octanol–water partition coefficient (Wildman–Crippen LogP) is 3.39. The van der Waals surface area contributed by atoms with E-state index >= 15 is 0 Å². The van der Waals surface area contributed by atoms with Crippen LogP contribution in [0.4, 0.5) is 5.69 Å². The molecule has 0 atom stereocenters. The SMILES string of the molecule is CCCCc1ccc(N2C(=O)CSC2=S)cc1. The normalized spacial score (nSPS) is 15.7. The maximum atomic E-state index is 11.7. The summed E-state index contributed by atoms with van der Waals surface area (Å²) in [5, 5.41) is 0. The molecule has 0 aromatic heterocycles. The van der Waals surface area contributed by atoms with Gasteiger partial charge >= 0.3 is 0 Å². The van der Waals surface area contributed by atoms with E-state index in [1.165, 1.54) is 30.2 Å². The smallest absolute Gasteiger partial charge is 0.243 e. The first kappa shape index (κ1) is 12.6. The van der Waals surface area contributed by atoms with Crippen molar-refractivity contribution in [2.75, 3.05) is 10.7 Å². The van der Waals surface area contributed by atoms with Gasteiger partial charge in [0.25, 0.3) is 0 Å². The number of carbonyl (C=O) groups excluding carboxylic acids is 1. The molecule has 1 aromatic carbocycles. The fourth-order valence-corrected chi connectivity index (χ4v) is 2.89. The third-order valence-corrected chi connectivity index (χ3v) is 4.12. The summed E-state index contributed by atoms with van der Waals surface area (Å²) in [7, 11) is 0. The summed E-state index contributed by atoms with van der Waals surface area (Å²) in [6.07, 6.45) is 3.51. The van der Waals surface area contributed by atoms with E-state index in [4.69, 9.17) is 12.2 Å². The van der Waals surface area contributed by atoms with Crippen molar-refractivity contribution < 1.29 is 4.79 Å². The van der Waals surface area contributed by atoms with E-state index in [2.05, 4.69) is 19.1 Å². The number of benzene rings is 1. The fourth-order valence-electron chi connectivity index (χ4n) is 1.80. The number of anilines is 1. The number of thioether (sulfide) groups is 1. The number of amides is 1. The second kappa shape index (κ2) is 5.65. The summed E-state index contributed by atoms with van der Waals surface area (Å²) in [5.41, 5.74) is 2.21. The highest BCUT2D eigenvalue weighted by molar-refractivity contribution is 8.24. The molecule has 1 heterocycles. The summed E-state index contributed by atoms with van der Waals surface area (Å²) in [6.45, 7) is 2.19. The van der Waals surface area contributed by atoms with Crippen LogP contribution in [-0.2, 0) is 11.2 Å². The molecule has 1 aromatic rings. The number of carbonyl (C=O) groups is 1. The Morgan fingerprint density at radius 3 is 2.59 bits per heavy atom. The van der Waals surface area contributed by atoms with Gasteiger partial charge in [0.05, 0.1) is 11.4 Å². The minimum absolute atomic E-state index is 0.0845. The molecule has 0 N–H and O–H groups in total. The zero-order valence-corrected chi connectivity index (χ0v) is 11.4. The van der Waals surface area contributed by atoms with Crippen molar-refractivity contribution in [1.29, 1.82) is 0 Å². The molecule has 1 fully saturated rings. The molecule has 17 heavy (non-hydrogen) atoms. The van der Waals surface area contributed by atoms with Crippen LogP contribution >= 0.6 is 24.0 Å². The Hall–Kier alpha value is -0.870. The van der Waals surface area contributed by atoms with Crippen LogP contribution in [0, 0.1) is 0 Å². The highest BCUT2D eigenvalue weighted by Crippen LogP contribution is 2.26. The molecule has 1 aliphatic rings. The van der Waals surface area contributed by atoms with Gasteiger partial charge in [0.1, 0.15) is 4.32 Å². The first-order valence-corrected chi connectivity index (χ1v) is 7.20. The Balaban J connectivity index is 2.12. The third-order valence-electron chi connectivity index (χ3n) is 2.76. The quantitative estimate of drug-likeness (QED) is 0.778. The lowest BCUT2D eigenvalue weighted by Crippen LogP contribution is -2.27. The largest absolute Gasteiger partial charge is 0.273 e. The molecular formula is C13H15NOS2. The van der Waals surface area contributed by atoms with E-state index in [0.717, 1.165) is 12.1 Å². The molecule has 0 unspecified atom stereocenters. The molecule has 0 saturated carbocycles. The Bertz CT molecular complexity index is 412. The van der Waals surface area contributed by atoms with Crippen molar-refractivity contribution in [3.05, 3.63) is 29.8 Å². The van der Waals surface area contributed by atoms with Gasteiger partial charge in [-0.2, -0.15) is 0 Å². The first-order chi connectivity index (χ1) is 8.22. The van der Waals surface area contributed by atoms with Crippen LogP contribution in [-0.4, -0.2) is 16.0 Å². The maximum absolute atomic E-state index is 11.7. The molecule has 1 saturated heterocycles. The Morgan fingerprint density at radius 2 is 2.06 bits per heavy atom. The number of hydrogen-bond acceptors (Lipinski definition) is 3. The standard InChI is InChI=1S/C13H15NOS2/c1-2-3-4-10-5-7-11(8-6-10)14-12(15)9-17-13(14)16/h5-8H,2-4,9H2,1H3. The van der Waals surface area contributed by atoms with Gasteiger partial charge in [-0.1, -0.05) is 49.5 Å². The molecule has 0 spiro atoms. The van der Waals surface area contributed by atoms with Crippen LogP contribution in [0.25, 0.3) is 0 Å². The molecule has 0 aliphatic carbocycles. The van der Waals surface area contributed by atoms with Crippen LogP contribution in [0.5, 0.6) is 0 Å². The molecule has 2 rings (SSSR count). The second-order valence-electron chi connectivity index (χ2n) is 4.05. The zero-order chi connectivity index (χ0) is 12.3. The van der Waals surface area contributed by atoms with Gasteiger partial charge in [-0.15, -0.1) is 0 Å². The van der Waals surface area contributed by atoms with Gasteiger partial charge in [0.2, 0.25) is 5.91 Å². The second-order valence-corrected chi connectivity index (χ2v) is 5.66. The van der Waals surface area contributed by atoms with Crippen molar-refractivity contribution in [3.8, 4) is 0 Å². The van der Waals surface area contributed by atoms with Crippen molar-refractivity contribution >= 4 is 39.9 Å². The lowest BCUT2D eigenvalue weighted by atomic mass is 10.1. The molecule has 4 heteroatoms. The summed E-state index contributed by atoms with van der Waals surface area (Å²) in [4.78, 5) is 13.3. The molecule has 0 bridgehead atoms. The van der Waals surface area contributed by atoms with Crippen LogP contribution in [0.2, 0.25) is 0 Å². The average molecular weight is 265 g/mol. The zero-order valence-electron chi connectivity index (χ0n) is 9.81. The van der Waals surface area contributed by atoms with Crippen molar-refractivity contribution in [3.63, 3.8) is 0 Å². The van der Waals surface area contributed by atoms with Gasteiger partial charge in [-0.3, -0.25) is 9.69 Å². The average Bonchev–Trinajstić information content (AvgIpc) is 2.67. The van der Waals surface area contributed by atoms with E-state index in [0.29, 0.717) is 10.1 Å². The number of aryl methyl sites for hydroxylation is 1. The van der Waals surface area contributed by atoms with E-state index in [-0.39, 0.29) is 5.91 Å². The lowest BCUT2D eigenvalue weighted by molar-refractivity contribution is -0.115. The van der Waals surface area contributed by atoms with E-state index in [1.54, 1.807) is 4.90 Å². The molecule has 2 nitrogen and oxygen atoms in total. The highest BCUT2D eigenvalue weighted by Gasteiger charge is 2.27. The lowest BCUT2D eigenvalue weighted by Gasteiger charge is -2.15. The van der Waals surface area contributed by atoms with Crippen LogP contribution in [0.1, 0.15) is 25.3 Å². The number of rotatable bonds is 4.